The minimum atomic E-state index is -0.222. The first-order chi connectivity index (χ1) is 10.6. The first-order valence-electron chi connectivity index (χ1n) is 6.79. The lowest BCUT2D eigenvalue weighted by atomic mass is 10.0. The van der Waals surface area contributed by atoms with Crippen LogP contribution in [0.15, 0.2) is 36.7 Å². The average molecular weight is 296 g/mol. The molecule has 1 unspecified atom stereocenters. The lowest BCUT2D eigenvalue weighted by molar-refractivity contribution is -0.144. The summed E-state index contributed by atoms with van der Waals surface area (Å²) in [7, 11) is 1.39. The summed E-state index contributed by atoms with van der Waals surface area (Å²) in [5.41, 5.74) is 2.07. The fourth-order valence-corrected chi connectivity index (χ4v) is 2.01. The Labute approximate surface area is 128 Å². The molecule has 1 aromatic heterocycles. The summed E-state index contributed by atoms with van der Waals surface area (Å²) in [6.45, 7) is 1.83. The van der Waals surface area contributed by atoms with Crippen molar-refractivity contribution < 1.29 is 9.53 Å². The maximum absolute atomic E-state index is 11.4. The van der Waals surface area contributed by atoms with Gasteiger partial charge in [-0.2, -0.15) is 5.26 Å². The van der Waals surface area contributed by atoms with Crippen LogP contribution in [-0.4, -0.2) is 23.0 Å². The normalized spacial score (nSPS) is 11.3. The number of ether oxygens (including phenoxy) is 1. The van der Waals surface area contributed by atoms with Gasteiger partial charge in [0.15, 0.2) is 11.5 Å². The van der Waals surface area contributed by atoms with Crippen molar-refractivity contribution in [1.29, 1.82) is 5.26 Å². The van der Waals surface area contributed by atoms with Crippen molar-refractivity contribution in [3.8, 4) is 6.07 Å². The minimum Gasteiger partial charge on any atom is -0.469 e. The highest BCUT2D eigenvalue weighted by molar-refractivity contribution is 5.72. The number of nitriles is 1. The number of anilines is 2. The van der Waals surface area contributed by atoms with Gasteiger partial charge >= 0.3 is 5.97 Å². The van der Waals surface area contributed by atoms with E-state index in [1.807, 2.05) is 37.3 Å². The van der Waals surface area contributed by atoms with Crippen LogP contribution in [0.5, 0.6) is 0 Å². The van der Waals surface area contributed by atoms with Gasteiger partial charge in [0.1, 0.15) is 6.07 Å². The van der Waals surface area contributed by atoms with Crippen LogP contribution in [0.25, 0.3) is 0 Å². The van der Waals surface area contributed by atoms with Crippen molar-refractivity contribution in [2.75, 3.05) is 12.4 Å². The first-order valence-corrected chi connectivity index (χ1v) is 6.79. The van der Waals surface area contributed by atoms with Crippen molar-refractivity contribution in [3.63, 3.8) is 0 Å². The number of benzene rings is 1. The first kappa shape index (κ1) is 15.4. The maximum Gasteiger partial charge on any atom is 0.308 e. The summed E-state index contributed by atoms with van der Waals surface area (Å²) >= 11 is 0. The van der Waals surface area contributed by atoms with Crippen molar-refractivity contribution in [1.82, 2.24) is 9.97 Å². The zero-order chi connectivity index (χ0) is 15.9. The van der Waals surface area contributed by atoms with E-state index in [4.69, 9.17) is 10.00 Å². The van der Waals surface area contributed by atoms with Crippen LogP contribution in [0.1, 0.15) is 18.2 Å². The fourth-order valence-electron chi connectivity index (χ4n) is 2.01. The molecule has 0 saturated heterocycles. The van der Waals surface area contributed by atoms with Crippen molar-refractivity contribution in [3.05, 3.63) is 47.9 Å². The van der Waals surface area contributed by atoms with Crippen molar-refractivity contribution in [2.45, 2.75) is 13.3 Å². The summed E-state index contributed by atoms with van der Waals surface area (Å²) in [6.07, 6.45) is 3.61. The lowest BCUT2D eigenvalue weighted by Crippen LogP contribution is -2.15. The number of nitrogens with zero attached hydrogens (tertiary/aromatic N) is 3. The molecule has 1 heterocycles. The van der Waals surface area contributed by atoms with Gasteiger partial charge in [0.25, 0.3) is 0 Å². The Morgan fingerprint density at radius 1 is 1.32 bits per heavy atom. The van der Waals surface area contributed by atoms with E-state index in [1.165, 1.54) is 19.5 Å². The molecule has 0 spiro atoms. The molecule has 112 valence electrons. The molecule has 0 radical (unpaired) electrons. The summed E-state index contributed by atoms with van der Waals surface area (Å²) in [5.74, 6) is 0.00935. The Hall–Kier alpha value is -2.94. The highest BCUT2D eigenvalue weighted by Crippen LogP contribution is 2.18. The molecule has 0 amide bonds. The fraction of sp³-hybridized carbons (Fsp3) is 0.250. The molecular formula is C16H16N4O2. The highest BCUT2D eigenvalue weighted by atomic mass is 16.5. The van der Waals surface area contributed by atoms with E-state index in [-0.39, 0.29) is 17.6 Å². The van der Waals surface area contributed by atoms with Crippen LogP contribution >= 0.6 is 0 Å². The molecule has 1 aromatic carbocycles. The molecule has 2 rings (SSSR count). The van der Waals surface area contributed by atoms with E-state index in [9.17, 15) is 4.79 Å². The van der Waals surface area contributed by atoms with Crippen molar-refractivity contribution in [2.24, 2.45) is 5.92 Å². The predicted octanol–water partition coefficient (Wildman–Crippen LogP) is 2.44. The standard InChI is InChI=1S/C16H16N4O2/c1-11(16(21)22-2)9-12-3-5-13(6-4-12)20-15-14(10-17)18-7-8-19-15/h3-8,11H,9H2,1-2H3,(H,19,20). The van der Waals surface area contributed by atoms with E-state index in [0.717, 1.165) is 11.3 Å². The smallest absolute Gasteiger partial charge is 0.308 e. The maximum atomic E-state index is 11.4. The molecule has 0 aliphatic carbocycles. The molecule has 0 bridgehead atoms. The molecule has 22 heavy (non-hydrogen) atoms. The van der Waals surface area contributed by atoms with E-state index in [1.54, 1.807) is 0 Å². The molecule has 0 saturated carbocycles. The lowest BCUT2D eigenvalue weighted by Gasteiger charge is -2.10. The Morgan fingerprint density at radius 2 is 2.00 bits per heavy atom. The summed E-state index contributed by atoms with van der Waals surface area (Å²) in [4.78, 5) is 19.4. The number of rotatable bonds is 5. The van der Waals surface area contributed by atoms with Crippen LogP contribution in [0.4, 0.5) is 11.5 Å². The number of carbonyl (C=O) groups is 1. The second kappa shape index (κ2) is 7.18. The van der Waals surface area contributed by atoms with Crippen LogP contribution < -0.4 is 5.32 Å². The Kier molecular flexibility index (Phi) is 5.04. The van der Waals surface area contributed by atoms with E-state index in [2.05, 4.69) is 15.3 Å². The molecule has 0 aliphatic heterocycles. The number of hydrogen-bond donors (Lipinski definition) is 1. The van der Waals surface area contributed by atoms with Gasteiger partial charge in [-0.3, -0.25) is 4.79 Å². The van der Waals surface area contributed by atoms with Gasteiger partial charge in [-0.05, 0) is 24.1 Å². The molecule has 0 aliphatic rings. The number of hydrogen-bond acceptors (Lipinski definition) is 6. The summed E-state index contributed by atoms with van der Waals surface area (Å²) in [5, 5.41) is 12.0. The zero-order valence-electron chi connectivity index (χ0n) is 12.4. The van der Waals surface area contributed by atoms with Crippen LogP contribution in [0.2, 0.25) is 0 Å². The molecule has 6 nitrogen and oxygen atoms in total. The number of aromatic nitrogens is 2. The van der Waals surface area contributed by atoms with E-state index >= 15 is 0 Å². The van der Waals surface area contributed by atoms with Crippen LogP contribution in [0.3, 0.4) is 0 Å². The number of esters is 1. The molecule has 1 N–H and O–H groups in total. The van der Waals surface area contributed by atoms with Gasteiger partial charge in [0, 0.05) is 18.1 Å². The molecule has 0 fully saturated rings. The SMILES string of the molecule is COC(=O)C(C)Cc1ccc(Nc2nccnc2C#N)cc1. The second-order valence-corrected chi connectivity index (χ2v) is 4.82. The Morgan fingerprint density at radius 3 is 2.64 bits per heavy atom. The number of carbonyl (C=O) groups excluding carboxylic acids is 1. The van der Waals surface area contributed by atoms with Gasteiger partial charge in [-0.25, -0.2) is 9.97 Å². The van der Waals surface area contributed by atoms with Gasteiger partial charge in [0.2, 0.25) is 0 Å². The zero-order valence-corrected chi connectivity index (χ0v) is 12.4. The van der Waals surface area contributed by atoms with Gasteiger partial charge in [-0.15, -0.1) is 0 Å². The van der Waals surface area contributed by atoms with Crippen LogP contribution in [-0.2, 0) is 16.0 Å². The third kappa shape index (κ3) is 3.79. The summed E-state index contributed by atoms with van der Waals surface area (Å²) in [6, 6.07) is 9.57. The van der Waals surface area contributed by atoms with Crippen LogP contribution in [0, 0.1) is 17.2 Å². The van der Waals surface area contributed by atoms with Gasteiger partial charge in [0.05, 0.1) is 13.0 Å². The minimum absolute atomic E-state index is 0.186. The Bertz CT molecular complexity index is 692. The van der Waals surface area contributed by atoms with E-state index in [0.29, 0.717) is 12.2 Å². The third-order valence-electron chi connectivity index (χ3n) is 3.17. The molecule has 2 aromatic rings. The quantitative estimate of drug-likeness (QED) is 0.853. The van der Waals surface area contributed by atoms with E-state index < -0.39 is 0 Å². The topological polar surface area (TPSA) is 87.9 Å². The largest absolute Gasteiger partial charge is 0.469 e. The monoisotopic (exact) mass is 296 g/mol. The van der Waals surface area contributed by atoms with Crippen molar-refractivity contribution >= 4 is 17.5 Å². The second-order valence-electron chi connectivity index (χ2n) is 4.82. The third-order valence-corrected chi connectivity index (χ3v) is 3.17. The molecular weight excluding hydrogens is 280 g/mol. The molecule has 6 heteroatoms. The molecule has 1 atom stereocenters. The van der Waals surface area contributed by atoms with Gasteiger partial charge < -0.3 is 10.1 Å². The van der Waals surface area contributed by atoms with Gasteiger partial charge in [-0.1, -0.05) is 19.1 Å². The number of methoxy groups -OCH3 is 1. The Balaban J connectivity index is 2.06. The average Bonchev–Trinajstić information content (AvgIpc) is 2.56. The predicted molar refractivity (Wildman–Crippen MR) is 81.4 cm³/mol. The number of nitrogens with one attached hydrogen (secondary N) is 1. The highest BCUT2D eigenvalue weighted by Gasteiger charge is 2.13. The summed E-state index contributed by atoms with van der Waals surface area (Å²) < 4.78 is 4.72.